The van der Waals surface area contributed by atoms with Gasteiger partial charge in [-0.3, -0.25) is 9.59 Å². The van der Waals surface area contributed by atoms with Gasteiger partial charge in [0.1, 0.15) is 0 Å². The van der Waals surface area contributed by atoms with Crippen molar-refractivity contribution in [1.29, 1.82) is 0 Å². The predicted octanol–water partition coefficient (Wildman–Crippen LogP) is 3.95. The predicted molar refractivity (Wildman–Crippen MR) is 93.9 cm³/mol. The number of nitrogens with one attached hydrogen (secondary N) is 2. The fraction of sp³-hybridized carbons (Fsp3) is 0.857. The van der Waals surface area contributed by atoms with Crippen LogP contribution in [-0.2, 0) is 9.59 Å². The maximum Gasteiger partial charge on any atom is 0.253 e. The molecule has 0 bridgehead atoms. The van der Waals surface area contributed by atoms with Crippen molar-refractivity contribution in [2.75, 3.05) is 13.1 Å². The second-order valence-corrected chi connectivity index (χ2v) is 7.20. The quantitative estimate of drug-likeness (QED) is 0.367. The minimum absolute atomic E-state index is 0.329. The van der Waals surface area contributed by atoms with Crippen molar-refractivity contribution < 1.29 is 9.59 Å². The summed E-state index contributed by atoms with van der Waals surface area (Å²) in [6, 6.07) is 0. The number of carbonyl (C=O) groups excluding carboxylic acids is 2. The van der Waals surface area contributed by atoms with Crippen LogP contribution in [0.2, 0.25) is 0 Å². The second-order valence-electron chi connectivity index (χ2n) is 5.01. The summed E-state index contributed by atoms with van der Waals surface area (Å²) in [6.07, 6.45) is 8.71. The van der Waals surface area contributed by atoms with Crippen LogP contribution in [0.5, 0.6) is 0 Å². The number of amides is 2. The summed E-state index contributed by atoms with van der Waals surface area (Å²) in [5.41, 5.74) is 0. The topological polar surface area (TPSA) is 58.2 Å². The number of alkyl halides is 4. The molecule has 0 fully saturated rings. The lowest BCUT2D eigenvalue weighted by atomic mass is 10.1. The Bertz CT molecular complexity index is 285. The molecule has 0 aromatic carbocycles. The Morgan fingerprint density at radius 2 is 0.864 bits per heavy atom. The standard InChI is InChI=1S/C14H24Cl4N2O2/c15-11(16)13(21)19-9-7-5-3-1-2-4-6-8-10-20-14(22)12(17)18/h11-12H,1-10H2,(H,19,21)(H,20,22). The Labute approximate surface area is 152 Å². The first-order chi connectivity index (χ1) is 10.4. The van der Waals surface area contributed by atoms with Crippen LogP contribution in [0.25, 0.3) is 0 Å². The van der Waals surface area contributed by atoms with E-state index >= 15 is 0 Å². The van der Waals surface area contributed by atoms with E-state index in [2.05, 4.69) is 10.6 Å². The van der Waals surface area contributed by atoms with Gasteiger partial charge in [0.2, 0.25) is 0 Å². The molecule has 0 saturated heterocycles. The lowest BCUT2D eigenvalue weighted by molar-refractivity contribution is -0.120. The van der Waals surface area contributed by atoms with E-state index in [0.717, 1.165) is 38.5 Å². The van der Waals surface area contributed by atoms with Crippen molar-refractivity contribution in [3.05, 3.63) is 0 Å². The smallest absolute Gasteiger partial charge is 0.253 e. The third-order valence-corrected chi connectivity index (χ3v) is 3.89. The lowest BCUT2D eigenvalue weighted by Crippen LogP contribution is -2.29. The van der Waals surface area contributed by atoms with Gasteiger partial charge in [0.15, 0.2) is 9.67 Å². The zero-order chi connectivity index (χ0) is 16.8. The van der Waals surface area contributed by atoms with Crippen molar-refractivity contribution in [1.82, 2.24) is 10.6 Å². The van der Waals surface area contributed by atoms with Crippen LogP contribution in [0.3, 0.4) is 0 Å². The minimum atomic E-state index is -0.982. The van der Waals surface area contributed by atoms with Crippen molar-refractivity contribution in [3.63, 3.8) is 0 Å². The maximum atomic E-state index is 11.1. The van der Waals surface area contributed by atoms with Gasteiger partial charge in [-0.15, -0.1) is 0 Å². The average Bonchev–Trinajstić information content (AvgIpc) is 2.47. The van der Waals surface area contributed by atoms with Gasteiger partial charge in [0.25, 0.3) is 11.8 Å². The summed E-state index contributed by atoms with van der Waals surface area (Å²) in [6.45, 7) is 1.24. The molecule has 0 aliphatic heterocycles. The van der Waals surface area contributed by atoms with Crippen LogP contribution in [0.4, 0.5) is 0 Å². The molecule has 0 aliphatic carbocycles. The molecule has 4 nitrogen and oxygen atoms in total. The molecule has 2 N–H and O–H groups in total. The molecule has 22 heavy (non-hydrogen) atoms. The molecule has 130 valence electrons. The van der Waals surface area contributed by atoms with Crippen LogP contribution >= 0.6 is 46.4 Å². The van der Waals surface area contributed by atoms with E-state index in [1.165, 1.54) is 12.8 Å². The van der Waals surface area contributed by atoms with E-state index in [4.69, 9.17) is 46.4 Å². The van der Waals surface area contributed by atoms with Crippen molar-refractivity contribution in [2.24, 2.45) is 0 Å². The van der Waals surface area contributed by atoms with Gasteiger partial charge in [-0.25, -0.2) is 0 Å². The molecular formula is C14H24Cl4N2O2. The summed E-state index contributed by atoms with van der Waals surface area (Å²) in [4.78, 5) is 20.2. The normalized spacial score (nSPS) is 11.0. The molecule has 0 unspecified atom stereocenters. The molecule has 2 amide bonds. The fourth-order valence-corrected chi connectivity index (χ4v) is 2.20. The molecule has 0 rings (SSSR count). The van der Waals surface area contributed by atoms with E-state index in [-0.39, 0.29) is 11.8 Å². The van der Waals surface area contributed by atoms with Gasteiger partial charge in [-0.2, -0.15) is 0 Å². The molecular weight excluding hydrogens is 370 g/mol. The number of rotatable bonds is 13. The van der Waals surface area contributed by atoms with E-state index in [9.17, 15) is 9.59 Å². The average molecular weight is 394 g/mol. The Kier molecular flexibility index (Phi) is 14.7. The molecule has 0 spiro atoms. The van der Waals surface area contributed by atoms with Gasteiger partial charge in [0, 0.05) is 13.1 Å². The van der Waals surface area contributed by atoms with Crippen molar-refractivity contribution in [3.8, 4) is 0 Å². The van der Waals surface area contributed by atoms with E-state index in [0.29, 0.717) is 13.1 Å². The Hall–Kier alpha value is 0.1000. The molecule has 0 atom stereocenters. The lowest BCUT2D eigenvalue weighted by Gasteiger charge is -2.06. The summed E-state index contributed by atoms with van der Waals surface area (Å²) < 4.78 is 0. The van der Waals surface area contributed by atoms with Gasteiger partial charge in [0.05, 0.1) is 0 Å². The Morgan fingerprint density at radius 1 is 0.591 bits per heavy atom. The molecule has 8 heteroatoms. The van der Waals surface area contributed by atoms with Crippen molar-refractivity contribution in [2.45, 2.75) is 61.0 Å². The molecule has 0 heterocycles. The largest absolute Gasteiger partial charge is 0.354 e. The fourth-order valence-electron chi connectivity index (χ4n) is 1.89. The number of unbranched alkanes of at least 4 members (excludes halogenated alkanes) is 7. The maximum absolute atomic E-state index is 11.1. The highest BCUT2D eigenvalue weighted by Crippen LogP contribution is 2.08. The van der Waals surface area contributed by atoms with Gasteiger partial charge >= 0.3 is 0 Å². The Balaban J connectivity index is 3.18. The molecule has 0 aliphatic rings. The highest BCUT2D eigenvalue weighted by molar-refractivity contribution is 6.53. The SMILES string of the molecule is O=C(NCCCCCCCCCCNC(=O)C(Cl)Cl)C(Cl)Cl. The minimum Gasteiger partial charge on any atom is -0.354 e. The van der Waals surface area contributed by atoms with Crippen LogP contribution in [0.15, 0.2) is 0 Å². The van der Waals surface area contributed by atoms with Gasteiger partial charge < -0.3 is 10.6 Å². The van der Waals surface area contributed by atoms with Crippen LogP contribution in [-0.4, -0.2) is 34.6 Å². The monoisotopic (exact) mass is 392 g/mol. The van der Waals surface area contributed by atoms with Crippen LogP contribution in [0, 0.1) is 0 Å². The van der Waals surface area contributed by atoms with E-state index in [1.54, 1.807) is 0 Å². The molecule has 0 aromatic rings. The number of hydrogen-bond donors (Lipinski definition) is 2. The van der Waals surface area contributed by atoms with E-state index < -0.39 is 9.67 Å². The zero-order valence-electron chi connectivity index (χ0n) is 12.6. The first-order valence-electron chi connectivity index (χ1n) is 7.57. The van der Waals surface area contributed by atoms with E-state index in [1.807, 2.05) is 0 Å². The van der Waals surface area contributed by atoms with Gasteiger partial charge in [-0.1, -0.05) is 84.9 Å². The second kappa shape index (κ2) is 14.7. The number of hydrogen-bond acceptors (Lipinski definition) is 2. The van der Waals surface area contributed by atoms with Crippen LogP contribution in [0.1, 0.15) is 51.4 Å². The third-order valence-electron chi connectivity index (χ3n) is 3.10. The van der Waals surface area contributed by atoms with Crippen molar-refractivity contribution >= 4 is 58.2 Å². The summed E-state index contributed by atoms with van der Waals surface area (Å²) in [5, 5.41) is 5.34. The highest BCUT2D eigenvalue weighted by atomic mass is 35.5. The number of carbonyl (C=O) groups is 2. The summed E-state index contributed by atoms with van der Waals surface area (Å²) >= 11 is 21.6. The highest BCUT2D eigenvalue weighted by Gasteiger charge is 2.10. The summed E-state index contributed by atoms with van der Waals surface area (Å²) in [7, 11) is 0. The third kappa shape index (κ3) is 13.7. The molecule has 0 saturated carbocycles. The molecule has 0 radical (unpaired) electrons. The first kappa shape index (κ1) is 22.1. The van der Waals surface area contributed by atoms with Gasteiger partial charge in [-0.05, 0) is 12.8 Å². The van der Waals surface area contributed by atoms with Crippen LogP contribution < -0.4 is 10.6 Å². The number of halogens is 4. The Morgan fingerprint density at radius 3 is 1.14 bits per heavy atom. The summed E-state index contributed by atoms with van der Waals surface area (Å²) in [5.74, 6) is -0.657. The first-order valence-corrected chi connectivity index (χ1v) is 9.31. The zero-order valence-corrected chi connectivity index (χ0v) is 15.6. The molecule has 0 aromatic heterocycles.